The van der Waals surface area contributed by atoms with Crippen molar-refractivity contribution in [1.29, 1.82) is 0 Å². The molecule has 0 saturated carbocycles. The summed E-state index contributed by atoms with van der Waals surface area (Å²) in [7, 11) is 5.83. The van der Waals surface area contributed by atoms with Gasteiger partial charge >= 0.3 is 0 Å². The van der Waals surface area contributed by atoms with E-state index in [4.69, 9.17) is 9.73 Å². The van der Waals surface area contributed by atoms with Gasteiger partial charge < -0.3 is 20.3 Å². The van der Waals surface area contributed by atoms with Crippen LogP contribution in [0.1, 0.15) is 36.1 Å². The van der Waals surface area contributed by atoms with Crippen LogP contribution in [-0.4, -0.2) is 59.4 Å². The zero-order chi connectivity index (χ0) is 20.6. The minimum absolute atomic E-state index is 0. The van der Waals surface area contributed by atoms with Gasteiger partial charge in [-0.1, -0.05) is 24.3 Å². The van der Waals surface area contributed by atoms with Gasteiger partial charge in [-0.25, -0.2) is 14.7 Å². The topological polar surface area (TPSA) is 79.6 Å². The van der Waals surface area contributed by atoms with E-state index in [0.29, 0.717) is 13.2 Å². The van der Waals surface area contributed by atoms with Crippen LogP contribution in [0.15, 0.2) is 29.3 Å². The van der Waals surface area contributed by atoms with Crippen LogP contribution in [0.25, 0.3) is 0 Å². The van der Waals surface area contributed by atoms with Gasteiger partial charge in [0.15, 0.2) is 11.8 Å². The number of fused-ring (bicyclic) bond motifs is 1. The van der Waals surface area contributed by atoms with Crippen LogP contribution >= 0.6 is 24.0 Å². The smallest absolute Gasteiger partial charge is 0.191 e. The molecule has 2 N–H and O–H groups in total. The monoisotopic (exact) mass is 527 g/mol. The Hall–Kier alpha value is -1.72. The number of hydrogen-bond acceptors (Lipinski definition) is 5. The molecule has 1 aliphatic heterocycles. The largest absolute Gasteiger partial charge is 0.377 e. The Morgan fingerprint density at radius 2 is 2.00 bits per heavy atom. The van der Waals surface area contributed by atoms with E-state index >= 15 is 0 Å². The maximum Gasteiger partial charge on any atom is 0.191 e. The molecule has 0 saturated heterocycles. The Labute approximate surface area is 196 Å². The maximum absolute atomic E-state index is 5.14. The molecule has 1 unspecified atom stereocenters. The van der Waals surface area contributed by atoms with Gasteiger partial charge in [0.1, 0.15) is 12.4 Å². The molecule has 0 bridgehead atoms. The quantitative estimate of drug-likeness (QED) is 0.311. The lowest BCUT2D eigenvalue weighted by Gasteiger charge is -2.25. The molecule has 9 heteroatoms. The molecule has 8 nitrogen and oxygen atoms in total. The molecule has 0 radical (unpaired) electrons. The fourth-order valence-corrected chi connectivity index (χ4v) is 3.47. The van der Waals surface area contributed by atoms with E-state index in [1.54, 1.807) is 7.11 Å². The first-order valence-electron chi connectivity index (χ1n) is 10.3. The van der Waals surface area contributed by atoms with Crippen molar-refractivity contribution < 1.29 is 4.74 Å². The lowest BCUT2D eigenvalue weighted by atomic mass is 10.1. The SMILES string of the molecule is CCNC(=NCc1ccc(CN(C)C)cc1)NC1CCc2nc(COC)nn2C1.I. The van der Waals surface area contributed by atoms with Gasteiger partial charge in [0.2, 0.25) is 0 Å². The second-order valence-corrected chi connectivity index (χ2v) is 7.69. The summed E-state index contributed by atoms with van der Waals surface area (Å²) in [5.74, 6) is 2.63. The number of halogens is 1. The van der Waals surface area contributed by atoms with Crippen molar-refractivity contribution in [2.45, 2.75) is 52.0 Å². The number of rotatable bonds is 8. The second kappa shape index (κ2) is 12.2. The molecule has 0 fully saturated rings. The molecule has 0 amide bonds. The minimum atomic E-state index is 0. The minimum Gasteiger partial charge on any atom is -0.377 e. The Morgan fingerprint density at radius 3 is 2.67 bits per heavy atom. The standard InChI is InChI=1S/C21H33N7O.HI/c1-5-22-21(23-12-16-6-8-17(9-7-16)13-27(2)3)24-18-10-11-20-25-19(15-29-4)26-28(20)14-18;/h6-9,18H,5,10-15H2,1-4H3,(H2,22,23,24);1H. The molecular formula is C21H34IN7O. The number of methoxy groups -OCH3 is 1. The molecule has 1 atom stereocenters. The summed E-state index contributed by atoms with van der Waals surface area (Å²) in [6, 6.07) is 8.95. The van der Waals surface area contributed by atoms with Crippen LogP contribution in [0.5, 0.6) is 0 Å². The molecule has 0 aliphatic carbocycles. The summed E-state index contributed by atoms with van der Waals surface area (Å²) >= 11 is 0. The van der Waals surface area contributed by atoms with Crippen LogP contribution in [0, 0.1) is 0 Å². The number of hydrogen-bond donors (Lipinski definition) is 2. The van der Waals surface area contributed by atoms with Crippen molar-refractivity contribution in [3.63, 3.8) is 0 Å². The highest BCUT2D eigenvalue weighted by Gasteiger charge is 2.22. The zero-order valence-electron chi connectivity index (χ0n) is 18.4. The highest BCUT2D eigenvalue weighted by atomic mass is 127. The average molecular weight is 527 g/mol. The van der Waals surface area contributed by atoms with Gasteiger partial charge in [-0.3, -0.25) is 0 Å². The van der Waals surface area contributed by atoms with E-state index in [2.05, 4.69) is 70.9 Å². The summed E-state index contributed by atoms with van der Waals surface area (Å²) in [5, 5.41) is 11.5. The van der Waals surface area contributed by atoms with E-state index in [9.17, 15) is 0 Å². The molecule has 0 spiro atoms. The van der Waals surface area contributed by atoms with Crippen molar-refractivity contribution >= 4 is 29.9 Å². The summed E-state index contributed by atoms with van der Waals surface area (Å²) < 4.78 is 7.13. The number of guanidine groups is 1. The third-order valence-corrected chi connectivity index (χ3v) is 4.80. The van der Waals surface area contributed by atoms with E-state index < -0.39 is 0 Å². The Balaban J connectivity index is 0.00000320. The van der Waals surface area contributed by atoms with Crippen LogP contribution < -0.4 is 10.6 Å². The molecule has 1 aromatic carbocycles. The summed E-state index contributed by atoms with van der Waals surface area (Å²) in [6.45, 7) is 5.75. The van der Waals surface area contributed by atoms with Gasteiger partial charge in [0.25, 0.3) is 0 Å². The fraction of sp³-hybridized carbons (Fsp3) is 0.571. The zero-order valence-corrected chi connectivity index (χ0v) is 20.7. The average Bonchev–Trinajstić information content (AvgIpc) is 3.09. The third kappa shape index (κ3) is 7.21. The van der Waals surface area contributed by atoms with E-state index in [0.717, 1.165) is 50.1 Å². The Kier molecular flexibility index (Phi) is 9.99. The number of benzene rings is 1. The molecule has 2 aromatic rings. The summed E-state index contributed by atoms with van der Waals surface area (Å²) in [5.41, 5.74) is 2.52. The lowest BCUT2D eigenvalue weighted by molar-refractivity contribution is 0.177. The highest BCUT2D eigenvalue weighted by Crippen LogP contribution is 2.14. The van der Waals surface area contributed by atoms with Crippen LogP contribution in [-0.2, 0) is 37.4 Å². The van der Waals surface area contributed by atoms with Gasteiger partial charge in [0.05, 0.1) is 13.1 Å². The predicted octanol–water partition coefficient (Wildman–Crippen LogP) is 2.17. The van der Waals surface area contributed by atoms with Crippen molar-refractivity contribution in [3.05, 3.63) is 47.0 Å². The number of aromatic nitrogens is 3. The van der Waals surface area contributed by atoms with E-state index in [1.165, 1.54) is 11.1 Å². The first-order chi connectivity index (χ1) is 14.1. The lowest BCUT2D eigenvalue weighted by Crippen LogP contribution is -2.47. The van der Waals surface area contributed by atoms with Gasteiger partial charge in [-0.05, 0) is 38.6 Å². The van der Waals surface area contributed by atoms with Crippen LogP contribution in [0.2, 0.25) is 0 Å². The molecule has 166 valence electrons. The van der Waals surface area contributed by atoms with Crippen LogP contribution in [0.3, 0.4) is 0 Å². The molecular weight excluding hydrogens is 493 g/mol. The van der Waals surface area contributed by atoms with Gasteiger partial charge in [0, 0.05) is 32.7 Å². The first kappa shape index (κ1) is 24.5. The number of ether oxygens (including phenoxy) is 1. The molecule has 1 aromatic heterocycles. The normalized spacial score (nSPS) is 16.2. The second-order valence-electron chi connectivity index (χ2n) is 7.69. The van der Waals surface area contributed by atoms with Crippen LogP contribution in [0.4, 0.5) is 0 Å². The Morgan fingerprint density at radius 1 is 1.27 bits per heavy atom. The highest BCUT2D eigenvalue weighted by molar-refractivity contribution is 14.0. The van der Waals surface area contributed by atoms with Gasteiger partial charge in [-0.15, -0.1) is 24.0 Å². The number of nitrogens with one attached hydrogen (secondary N) is 2. The molecule has 2 heterocycles. The maximum atomic E-state index is 5.14. The first-order valence-corrected chi connectivity index (χ1v) is 10.3. The van der Waals surface area contributed by atoms with Gasteiger partial charge in [-0.2, -0.15) is 5.10 Å². The number of aliphatic imine (C=N–C) groups is 1. The van der Waals surface area contributed by atoms with E-state index in [-0.39, 0.29) is 30.0 Å². The predicted molar refractivity (Wildman–Crippen MR) is 130 cm³/mol. The third-order valence-electron chi connectivity index (χ3n) is 4.80. The summed E-state index contributed by atoms with van der Waals surface area (Å²) in [6.07, 6.45) is 1.91. The van der Waals surface area contributed by atoms with Crippen molar-refractivity contribution in [1.82, 2.24) is 30.3 Å². The number of nitrogens with zero attached hydrogens (tertiary/aromatic N) is 5. The summed E-state index contributed by atoms with van der Waals surface area (Å²) in [4.78, 5) is 11.5. The number of aryl methyl sites for hydroxylation is 1. The Bertz CT molecular complexity index is 804. The molecule has 3 rings (SSSR count). The molecule has 1 aliphatic rings. The van der Waals surface area contributed by atoms with Crippen molar-refractivity contribution in [2.75, 3.05) is 27.7 Å². The fourth-order valence-electron chi connectivity index (χ4n) is 3.47. The molecule has 30 heavy (non-hydrogen) atoms. The van der Waals surface area contributed by atoms with E-state index in [1.807, 2.05) is 4.68 Å². The van der Waals surface area contributed by atoms with Crippen molar-refractivity contribution in [3.8, 4) is 0 Å². The van der Waals surface area contributed by atoms with Crippen molar-refractivity contribution in [2.24, 2.45) is 4.99 Å².